The molecular weight excluding hydrogens is 312 g/mol. The Bertz CT molecular complexity index is 799. The lowest BCUT2D eigenvalue weighted by Crippen LogP contribution is -2.41. The van der Waals surface area contributed by atoms with E-state index < -0.39 is 23.4 Å². The van der Waals surface area contributed by atoms with Gasteiger partial charge >= 0.3 is 6.03 Å². The number of nitrogens with zero attached hydrogens (tertiary/aromatic N) is 4. The van der Waals surface area contributed by atoms with E-state index in [4.69, 9.17) is 0 Å². The molecule has 0 bridgehead atoms. The summed E-state index contributed by atoms with van der Waals surface area (Å²) in [4.78, 5) is 41.0. The predicted octanol–water partition coefficient (Wildman–Crippen LogP) is 0.536. The van der Waals surface area contributed by atoms with Crippen LogP contribution in [0.15, 0.2) is 36.9 Å². The van der Waals surface area contributed by atoms with Crippen molar-refractivity contribution >= 4 is 23.5 Å². The Kier molecular flexibility index (Phi) is 3.76. The van der Waals surface area contributed by atoms with Gasteiger partial charge in [0.1, 0.15) is 24.7 Å². The maximum absolute atomic E-state index is 12.3. The Balaban J connectivity index is 1.75. The second kappa shape index (κ2) is 5.76. The number of hydrogen-bond acceptors (Lipinski definition) is 5. The van der Waals surface area contributed by atoms with Gasteiger partial charge in [-0.3, -0.25) is 14.5 Å². The third-order valence-corrected chi connectivity index (χ3v) is 3.59. The van der Waals surface area contributed by atoms with E-state index in [1.807, 2.05) is 0 Å². The van der Waals surface area contributed by atoms with Gasteiger partial charge in [-0.15, -0.1) is 0 Å². The fourth-order valence-electron chi connectivity index (χ4n) is 2.41. The normalized spacial score (nSPS) is 16.2. The van der Waals surface area contributed by atoms with Crippen molar-refractivity contribution in [2.45, 2.75) is 19.4 Å². The van der Waals surface area contributed by atoms with Crippen LogP contribution in [0, 0.1) is 0 Å². The van der Waals surface area contributed by atoms with Crippen LogP contribution < -0.4 is 10.6 Å². The molecule has 3 rings (SSSR count). The van der Waals surface area contributed by atoms with Gasteiger partial charge in [0.25, 0.3) is 5.91 Å². The van der Waals surface area contributed by atoms with E-state index in [2.05, 4.69) is 20.7 Å². The molecule has 2 heterocycles. The summed E-state index contributed by atoms with van der Waals surface area (Å²) in [5.74, 6) is -0.920. The van der Waals surface area contributed by atoms with Gasteiger partial charge in [-0.1, -0.05) is 12.1 Å². The molecule has 0 aliphatic carbocycles. The number of rotatable bonds is 4. The molecule has 9 nitrogen and oxygen atoms in total. The van der Waals surface area contributed by atoms with Crippen molar-refractivity contribution in [3.8, 4) is 5.69 Å². The van der Waals surface area contributed by atoms with Gasteiger partial charge in [0.2, 0.25) is 5.91 Å². The minimum absolute atomic E-state index is 0.361. The number of anilines is 1. The molecule has 24 heavy (non-hydrogen) atoms. The zero-order chi connectivity index (χ0) is 17.3. The molecule has 0 saturated carbocycles. The summed E-state index contributed by atoms with van der Waals surface area (Å²) in [5, 5.41) is 9.25. The van der Waals surface area contributed by atoms with Crippen molar-refractivity contribution in [3.63, 3.8) is 0 Å². The van der Waals surface area contributed by atoms with Crippen LogP contribution in [-0.4, -0.2) is 49.6 Å². The lowest BCUT2D eigenvalue weighted by atomic mass is 10.1. The lowest BCUT2D eigenvalue weighted by Gasteiger charge is -2.16. The number of amides is 4. The van der Waals surface area contributed by atoms with Crippen LogP contribution >= 0.6 is 0 Å². The number of carbonyl (C=O) groups excluding carboxylic acids is 3. The molecule has 9 heteroatoms. The van der Waals surface area contributed by atoms with Crippen LogP contribution in [0.3, 0.4) is 0 Å². The average molecular weight is 328 g/mol. The van der Waals surface area contributed by atoms with Gasteiger partial charge in [0, 0.05) is 0 Å². The summed E-state index contributed by atoms with van der Waals surface area (Å²) in [6, 6.07) is 6.44. The molecule has 2 N–H and O–H groups in total. The lowest BCUT2D eigenvalue weighted by molar-refractivity contribution is -0.132. The summed E-state index contributed by atoms with van der Waals surface area (Å²) in [6.45, 7) is 2.82. The molecule has 1 aromatic heterocycles. The summed E-state index contributed by atoms with van der Waals surface area (Å²) in [7, 11) is 0. The van der Waals surface area contributed by atoms with Gasteiger partial charge in [-0.2, -0.15) is 5.10 Å². The van der Waals surface area contributed by atoms with E-state index in [9.17, 15) is 14.4 Å². The average Bonchev–Trinajstić information content (AvgIpc) is 3.11. The Morgan fingerprint density at radius 2 is 2.04 bits per heavy atom. The third kappa shape index (κ3) is 2.83. The van der Waals surface area contributed by atoms with Gasteiger partial charge in [0.15, 0.2) is 0 Å². The van der Waals surface area contributed by atoms with Gasteiger partial charge in [-0.25, -0.2) is 14.5 Å². The van der Waals surface area contributed by atoms with E-state index in [0.29, 0.717) is 11.4 Å². The number of urea groups is 1. The standard InChI is InChI=1S/C15H16N6O3/c1-15(2)13(23)20(14(24)19-15)7-12(22)18-10-5-3-4-6-11(10)21-9-16-8-17-21/h3-6,8-9H,7H2,1-2H3,(H,18,22)(H,19,24). The van der Waals surface area contributed by atoms with Crippen LogP contribution in [0.5, 0.6) is 0 Å². The van der Waals surface area contributed by atoms with Crippen molar-refractivity contribution in [2.24, 2.45) is 0 Å². The molecule has 0 unspecified atom stereocenters. The zero-order valence-corrected chi connectivity index (χ0v) is 13.2. The number of benzene rings is 1. The largest absolute Gasteiger partial charge is 0.325 e. The summed E-state index contributed by atoms with van der Waals surface area (Å²) >= 11 is 0. The molecule has 1 aromatic carbocycles. The summed E-state index contributed by atoms with van der Waals surface area (Å²) in [5.41, 5.74) is 0.121. The maximum Gasteiger partial charge on any atom is 0.325 e. The number of hydrogen-bond donors (Lipinski definition) is 2. The molecule has 4 amide bonds. The first-order valence-electron chi connectivity index (χ1n) is 7.26. The first-order chi connectivity index (χ1) is 11.4. The molecule has 0 radical (unpaired) electrons. The number of aromatic nitrogens is 3. The number of carbonyl (C=O) groups is 3. The fourth-order valence-corrected chi connectivity index (χ4v) is 2.41. The van der Waals surface area contributed by atoms with Crippen LogP contribution in [0.2, 0.25) is 0 Å². The Morgan fingerprint density at radius 3 is 2.67 bits per heavy atom. The molecule has 0 spiro atoms. The number of imide groups is 1. The number of para-hydroxylation sites is 2. The molecule has 124 valence electrons. The molecule has 1 aliphatic rings. The van der Waals surface area contributed by atoms with Crippen LogP contribution in [0.25, 0.3) is 5.69 Å². The second-order valence-electron chi connectivity index (χ2n) is 5.85. The predicted molar refractivity (Wildman–Crippen MR) is 84.3 cm³/mol. The summed E-state index contributed by atoms with van der Waals surface area (Å²) < 4.78 is 1.51. The van der Waals surface area contributed by atoms with Crippen molar-refractivity contribution in [3.05, 3.63) is 36.9 Å². The smallest absolute Gasteiger partial charge is 0.324 e. The van der Waals surface area contributed by atoms with Crippen molar-refractivity contribution < 1.29 is 14.4 Å². The molecule has 2 aromatic rings. The molecular formula is C15H16N6O3. The zero-order valence-electron chi connectivity index (χ0n) is 13.2. The van der Waals surface area contributed by atoms with Gasteiger partial charge in [0.05, 0.1) is 11.4 Å². The Hall–Kier alpha value is -3.23. The third-order valence-electron chi connectivity index (χ3n) is 3.59. The highest BCUT2D eigenvalue weighted by Crippen LogP contribution is 2.20. The topological polar surface area (TPSA) is 109 Å². The van der Waals surface area contributed by atoms with E-state index >= 15 is 0 Å². The van der Waals surface area contributed by atoms with Crippen molar-refractivity contribution in [1.29, 1.82) is 0 Å². The molecule has 1 fully saturated rings. The molecule has 1 aliphatic heterocycles. The van der Waals surface area contributed by atoms with E-state index in [1.54, 1.807) is 38.1 Å². The van der Waals surface area contributed by atoms with E-state index in [1.165, 1.54) is 17.3 Å². The monoisotopic (exact) mass is 328 g/mol. The SMILES string of the molecule is CC1(C)NC(=O)N(CC(=O)Nc2ccccc2-n2cncn2)C1=O. The van der Waals surface area contributed by atoms with Crippen LogP contribution in [-0.2, 0) is 9.59 Å². The minimum Gasteiger partial charge on any atom is -0.324 e. The number of nitrogens with one attached hydrogen (secondary N) is 2. The first kappa shape index (κ1) is 15.7. The minimum atomic E-state index is -1.00. The highest BCUT2D eigenvalue weighted by molar-refractivity contribution is 6.09. The first-order valence-corrected chi connectivity index (χ1v) is 7.26. The Morgan fingerprint density at radius 1 is 1.29 bits per heavy atom. The highest BCUT2D eigenvalue weighted by atomic mass is 16.2. The van der Waals surface area contributed by atoms with Gasteiger partial charge < -0.3 is 10.6 Å². The van der Waals surface area contributed by atoms with Gasteiger partial charge in [-0.05, 0) is 26.0 Å². The second-order valence-corrected chi connectivity index (χ2v) is 5.85. The van der Waals surface area contributed by atoms with Crippen molar-refractivity contribution in [2.75, 3.05) is 11.9 Å². The summed E-state index contributed by atoms with van der Waals surface area (Å²) in [6.07, 6.45) is 2.89. The molecule has 0 atom stereocenters. The maximum atomic E-state index is 12.3. The fraction of sp³-hybridized carbons (Fsp3) is 0.267. The quantitative estimate of drug-likeness (QED) is 0.796. The van der Waals surface area contributed by atoms with Crippen LogP contribution in [0.4, 0.5) is 10.5 Å². The van der Waals surface area contributed by atoms with E-state index in [0.717, 1.165) is 4.90 Å². The Labute approximate surface area is 137 Å². The van der Waals surface area contributed by atoms with Crippen molar-refractivity contribution in [1.82, 2.24) is 25.0 Å². The molecule has 1 saturated heterocycles. The van der Waals surface area contributed by atoms with E-state index in [-0.39, 0.29) is 6.54 Å². The highest BCUT2D eigenvalue weighted by Gasteiger charge is 2.44. The van der Waals surface area contributed by atoms with Crippen LogP contribution in [0.1, 0.15) is 13.8 Å².